The maximum atomic E-state index is 12.8. The first-order chi connectivity index (χ1) is 15.4. The van der Waals surface area contributed by atoms with Crippen LogP contribution in [0.4, 0.5) is 0 Å². The van der Waals surface area contributed by atoms with E-state index in [9.17, 15) is 29.1 Å². The highest BCUT2D eigenvalue weighted by molar-refractivity contribution is 5.95. The van der Waals surface area contributed by atoms with Crippen LogP contribution in [0, 0.1) is 5.92 Å². The summed E-state index contributed by atoms with van der Waals surface area (Å²) in [6.07, 6.45) is -0.242. The molecule has 0 aliphatic rings. The Morgan fingerprint density at radius 1 is 0.939 bits per heavy atom. The third-order valence-corrected chi connectivity index (χ3v) is 4.52. The summed E-state index contributed by atoms with van der Waals surface area (Å²) in [5, 5.41) is 25.1. The molecule has 4 amide bonds. The Hall–Kier alpha value is -3.67. The van der Waals surface area contributed by atoms with Crippen LogP contribution in [0.25, 0.3) is 0 Å². The normalized spacial score (nSPS) is 13.5. The van der Waals surface area contributed by atoms with Crippen LogP contribution in [0.1, 0.15) is 32.3 Å². The second-order valence-electron chi connectivity index (χ2n) is 8.01. The molecule has 182 valence electrons. The van der Waals surface area contributed by atoms with Gasteiger partial charge >= 0.3 is 5.97 Å². The molecule has 0 fully saturated rings. The number of hydrogen-bond donors (Lipinski definition) is 7. The van der Waals surface area contributed by atoms with Crippen LogP contribution in [-0.2, 0) is 30.4 Å². The summed E-state index contributed by atoms with van der Waals surface area (Å²) in [6.45, 7) is 2.97. The number of phenolic OH excluding ortho intramolecular Hbond substituents is 1. The smallest absolute Gasteiger partial charge is 0.322 e. The summed E-state index contributed by atoms with van der Waals surface area (Å²) in [4.78, 5) is 59.8. The fourth-order valence-corrected chi connectivity index (χ4v) is 2.93. The minimum Gasteiger partial charge on any atom is -0.508 e. The lowest BCUT2D eigenvalue weighted by atomic mass is 10.0. The molecule has 9 N–H and O–H groups in total. The lowest BCUT2D eigenvalue weighted by Crippen LogP contribution is -2.57. The van der Waals surface area contributed by atoms with E-state index in [4.69, 9.17) is 16.6 Å². The molecule has 12 nitrogen and oxygen atoms in total. The molecule has 0 bridgehead atoms. The number of nitrogens with one attached hydrogen (secondary N) is 3. The van der Waals surface area contributed by atoms with Crippen molar-refractivity contribution in [2.75, 3.05) is 6.54 Å². The highest BCUT2D eigenvalue weighted by Crippen LogP contribution is 2.11. The van der Waals surface area contributed by atoms with Gasteiger partial charge in [-0.05, 0) is 36.5 Å². The number of carbonyl (C=O) groups is 5. The predicted octanol–water partition coefficient (Wildman–Crippen LogP) is -1.65. The molecule has 0 saturated heterocycles. The number of rotatable bonds is 13. The first-order valence-corrected chi connectivity index (χ1v) is 10.3. The van der Waals surface area contributed by atoms with E-state index in [2.05, 4.69) is 16.0 Å². The van der Waals surface area contributed by atoms with E-state index < -0.39 is 60.7 Å². The molecule has 12 heteroatoms. The Morgan fingerprint density at radius 2 is 1.52 bits per heavy atom. The highest BCUT2D eigenvalue weighted by Gasteiger charge is 2.29. The van der Waals surface area contributed by atoms with Crippen LogP contribution >= 0.6 is 0 Å². The molecule has 1 rings (SSSR count). The van der Waals surface area contributed by atoms with Crippen molar-refractivity contribution in [2.45, 2.75) is 51.2 Å². The van der Waals surface area contributed by atoms with E-state index in [1.165, 1.54) is 12.1 Å². The fraction of sp³-hybridized carbons (Fsp3) is 0.476. The van der Waals surface area contributed by atoms with Gasteiger partial charge in [0.15, 0.2) is 0 Å². The lowest BCUT2D eigenvalue weighted by Gasteiger charge is -2.24. The van der Waals surface area contributed by atoms with Gasteiger partial charge in [0.2, 0.25) is 23.6 Å². The maximum Gasteiger partial charge on any atom is 0.322 e. The summed E-state index contributed by atoms with van der Waals surface area (Å²) < 4.78 is 0. The molecule has 0 aliphatic carbocycles. The van der Waals surface area contributed by atoms with Crippen molar-refractivity contribution in [3.8, 4) is 5.75 Å². The predicted molar refractivity (Wildman–Crippen MR) is 118 cm³/mol. The Balaban J connectivity index is 2.88. The zero-order valence-corrected chi connectivity index (χ0v) is 18.5. The molecule has 3 unspecified atom stereocenters. The van der Waals surface area contributed by atoms with Crippen LogP contribution in [0.5, 0.6) is 5.75 Å². The van der Waals surface area contributed by atoms with E-state index in [1.807, 2.05) is 0 Å². The van der Waals surface area contributed by atoms with Crippen LogP contribution in [0.2, 0.25) is 0 Å². The number of carboxylic acid groups (broad SMARTS) is 1. The summed E-state index contributed by atoms with van der Waals surface area (Å²) in [6, 6.07) is 2.51. The zero-order chi connectivity index (χ0) is 25.1. The molecule has 0 saturated carbocycles. The van der Waals surface area contributed by atoms with E-state index in [0.717, 1.165) is 0 Å². The standard InChI is InChI=1S/C21H31N5O7/c1-11(2)7-15(20(32)24-10-18(29)30)26-21(33)16(9-17(23)28)25-19(31)14(22)8-12-3-5-13(27)6-4-12/h3-6,11,14-16,27H,7-10,22H2,1-2H3,(H2,23,28)(H,24,32)(H,25,31)(H,26,33)(H,29,30). The third kappa shape index (κ3) is 10.5. The van der Waals surface area contributed by atoms with E-state index in [0.29, 0.717) is 5.56 Å². The molecule has 0 aliphatic heterocycles. The van der Waals surface area contributed by atoms with Crippen molar-refractivity contribution >= 4 is 29.6 Å². The number of aliphatic carboxylic acids is 1. The van der Waals surface area contributed by atoms with Gasteiger partial charge in [-0.3, -0.25) is 24.0 Å². The van der Waals surface area contributed by atoms with Crippen LogP contribution in [0.3, 0.4) is 0 Å². The Labute approximate surface area is 191 Å². The molecule has 0 spiro atoms. The SMILES string of the molecule is CC(C)CC(NC(=O)C(CC(N)=O)NC(=O)C(N)Cc1ccc(O)cc1)C(=O)NCC(=O)O. The first kappa shape index (κ1) is 27.4. The number of amides is 4. The second kappa shape index (κ2) is 13.0. The molecular weight excluding hydrogens is 434 g/mol. The average Bonchev–Trinajstić information content (AvgIpc) is 2.71. The molecule has 0 heterocycles. The summed E-state index contributed by atoms with van der Waals surface area (Å²) >= 11 is 0. The number of carboxylic acids is 1. The van der Waals surface area contributed by atoms with Crippen LogP contribution in [0.15, 0.2) is 24.3 Å². The van der Waals surface area contributed by atoms with Gasteiger partial charge in [-0.2, -0.15) is 0 Å². The minimum atomic E-state index is -1.39. The molecule has 3 atom stereocenters. The van der Waals surface area contributed by atoms with Crippen LogP contribution < -0.4 is 27.4 Å². The fourth-order valence-electron chi connectivity index (χ4n) is 2.93. The monoisotopic (exact) mass is 465 g/mol. The quantitative estimate of drug-likeness (QED) is 0.179. The van der Waals surface area contributed by atoms with Gasteiger partial charge in [0.05, 0.1) is 12.5 Å². The van der Waals surface area contributed by atoms with Gasteiger partial charge < -0.3 is 37.6 Å². The Morgan fingerprint density at radius 3 is 2.03 bits per heavy atom. The highest BCUT2D eigenvalue weighted by atomic mass is 16.4. The topological polar surface area (TPSA) is 214 Å². The number of primary amides is 1. The zero-order valence-electron chi connectivity index (χ0n) is 18.5. The van der Waals surface area contributed by atoms with Crippen molar-refractivity contribution in [3.63, 3.8) is 0 Å². The molecule has 0 aromatic heterocycles. The van der Waals surface area contributed by atoms with Crippen molar-refractivity contribution in [2.24, 2.45) is 17.4 Å². The van der Waals surface area contributed by atoms with Gasteiger partial charge in [-0.15, -0.1) is 0 Å². The van der Waals surface area contributed by atoms with Crippen molar-refractivity contribution in [1.29, 1.82) is 0 Å². The van der Waals surface area contributed by atoms with Gasteiger partial charge in [-0.1, -0.05) is 26.0 Å². The number of phenols is 1. The van der Waals surface area contributed by atoms with Gasteiger partial charge in [0.1, 0.15) is 24.4 Å². The largest absolute Gasteiger partial charge is 0.508 e. The third-order valence-electron chi connectivity index (χ3n) is 4.52. The van der Waals surface area contributed by atoms with Crippen molar-refractivity contribution in [3.05, 3.63) is 29.8 Å². The number of nitrogens with two attached hydrogens (primary N) is 2. The number of aromatic hydroxyl groups is 1. The van der Waals surface area contributed by atoms with Crippen molar-refractivity contribution < 1.29 is 34.2 Å². The second-order valence-corrected chi connectivity index (χ2v) is 8.01. The summed E-state index contributed by atoms with van der Waals surface area (Å²) in [7, 11) is 0. The van der Waals surface area contributed by atoms with Gasteiger partial charge in [0.25, 0.3) is 0 Å². The molecule has 1 aromatic rings. The molecule has 1 aromatic carbocycles. The number of carbonyl (C=O) groups excluding carboxylic acids is 4. The minimum absolute atomic E-state index is 0.0335. The molecule has 33 heavy (non-hydrogen) atoms. The molecule has 0 radical (unpaired) electrons. The van der Waals surface area contributed by atoms with Crippen LogP contribution in [-0.4, -0.2) is 64.5 Å². The maximum absolute atomic E-state index is 12.8. The van der Waals surface area contributed by atoms with E-state index in [-0.39, 0.29) is 24.5 Å². The lowest BCUT2D eigenvalue weighted by molar-refractivity contribution is -0.139. The van der Waals surface area contributed by atoms with Crippen molar-refractivity contribution in [1.82, 2.24) is 16.0 Å². The van der Waals surface area contributed by atoms with E-state index in [1.54, 1.807) is 26.0 Å². The Kier molecular flexibility index (Phi) is 10.8. The Bertz CT molecular complexity index is 857. The summed E-state index contributed by atoms with van der Waals surface area (Å²) in [5.74, 6) is -4.37. The van der Waals surface area contributed by atoms with E-state index >= 15 is 0 Å². The van der Waals surface area contributed by atoms with Gasteiger partial charge in [-0.25, -0.2) is 0 Å². The summed E-state index contributed by atoms with van der Waals surface area (Å²) in [5.41, 5.74) is 11.8. The average molecular weight is 466 g/mol. The number of hydrogen-bond acceptors (Lipinski definition) is 7. The molecular formula is C21H31N5O7. The number of benzene rings is 1. The van der Waals surface area contributed by atoms with Gasteiger partial charge in [0, 0.05) is 0 Å². The first-order valence-electron chi connectivity index (χ1n) is 10.3.